The molecule has 0 amide bonds. The lowest BCUT2D eigenvalue weighted by Crippen LogP contribution is -2.02. The van der Waals surface area contributed by atoms with E-state index in [1.54, 1.807) is 5.56 Å². The molecule has 0 unspecified atom stereocenters. The van der Waals surface area contributed by atoms with Crippen LogP contribution in [0.2, 0.25) is 0 Å². The second-order valence-corrected chi connectivity index (χ2v) is 6.44. The van der Waals surface area contributed by atoms with Gasteiger partial charge in [-0.1, -0.05) is 18.2 Å². The quantitative estimate of drug-likeness (QED) is 0.707. The standard InChI is InChI=1S/C12H12Br2/c13-12(14)8-9-5-6-10-3-1-2-4-11(10)7-9/h5-8H,1-4H2. The van der Waals surface area contributed by atoms with Crippen molar-refractivity contribution in [2.24, 2.45) is 0 Å². The lowest BCUT2D eigenvalue weighted by molar-refractivity contribution is 0.685. The summed E-state index contributed by atoms with van der Waals surface area (Å²) in [5.74, 6) is 0. The molecule has 0 aliphatic heterocycles. The Bertz CT molecular complexity index is 363. The minimum atomic E-state index is 1.00. The van der Waals surface area contributed by atoms with Gasteiger partial charge in [0.2, 0.25) is 0 Å². The molecule has 1 aliphatic rings. The summed E-state index contributed by atoms with van der Waals surface area (Å²) >= 11 is 6.77. The van der Waals surface area contributed by atoms with Crippen molar-refractivity contribution in [3.63, 3.8) is 0 Å². The van der Waals surface area contributed by atoms with Crippen molar-refractivity contribution in [3.8, 4) is 0 Å². The van der Waals surface area contributed by atoms with Gasteiger partial charge in [0.05, 0.1) is 3.39 Å². The predicted octanol–water partition coefficient (Wildman–Crippen LogP) is 4.65. The number of hydrogen-bond acceptors (Lipinski definition) is 0. The average molecular weight is 316 g/mol. The maximum atomic E-state index is 3.38. The lowest BCUT2D eigenvalue weighted by atomic mass is 9.90. The number of rotatable bonds is 1. The summed E-state index contributed by atoms with van der Waals surface area (Å²) in [4.78, 5) is 0. The van der Waals surface area contributed by atoms with Gasteiger partial charge in [-0.25, -0.2) is 0 Å². The first-order valence-electron chi connectivity index (χ1n) is 4.90. The van der Waals surface area contributed by atoms with Crippen molar-refractivity contribution in [1.82, 2.24) is 0 Å². The normalized spacial score (nSPS) is 14.7. The van der Waals surface area contributed by atoms with E-state index in [-0.39, 0.29) is 0 Å². The zero-order valence-corrected chi connectivity index (χ0v) is 11.1. The Morgan fingerprint density at radius 3 is 2.50 bits per heavy atom. The largest absolute Gasteiger partial charge is 0.0610 e. The van der Waals surface area contributed by atoms with Crippen molar-refractivity contribution in [2.45, 2.75) is 25.7 Å². The molecule has 0 spiro atoms. The fourth-order valence-electron chi connectivity index (χ4n) is 1.97. The molecule has 0 heterocycles. The molecule has 0 saturated heterocycles. The summed E-state index contributed by atoms with van der Waals surface area (Å²) in [6, 6.07) is 6.76. The van der Waals surface area contributed by atoms with Gasteiger partial charge in [0.1, 0.15) is 0 Å². The smallest absolute Gasteiger partial charge is 0.0582 e. The fourth-order valence-corrected chi connectivity index (χ4v) is 2.50. The van der Waals surface area contributed by atoms with E-state index in [4.69, 9.17) is 0 Å². The van der Waals surface area contributed by atoms with E-state index in [0.717, 1.165) is 3.39 Å². The fraction of sp³-hybridized carbons (Fsp3) is 0.333. The van der Waals surface area contributed by atoms with Crippen LogP contribution in [-0.4, -0.2) is 0 Å². The van der Waals surface area contributed by atoms with Gasteiger partial charge in [0.25, 0.3) is 0 Å². The van der Waals surface area contributed by atoms with Gasteiger partial charge in [0, 0.05) is 0 Å². The van der Waals surface area contributed by atoms with Crippen LogP contribution in [0.4, 0.5) is 0 Å². The highest BCUT2D eigenvalue weighted by Crippen LogP contribution is 2.24. The van der Waals surface area contributed by atoms with Gasteiger partial charge in [-0.05, 0) is 80.3 Å². The van der Waals surface area contributed by atoms with Gasteiger partial charge in [-0.3, -0.25) is 0 Å². The van der Waals surface area contributed by atoms with Gasteiger partial charge < -0.3 is 0 Å². The Hall–Kier alpha value is -0.0800. The summed E-state index contributed by atoms with van der Waals surface area (Å²) in [6.45, 7) is 0. The van der Waals surface area contributed by atoms with Crippen LogP contribution in [0.25, 0.3) is 6.08 Å². The van der Waals surface area contributed by atoms with E-state index in [0.29, 0.717) is 0 Å². The molecule has 1 aliphatic carbocycles. The number of halogens is 2. The van der Waals surface area contributed by atoms with Crippen molar-refractivity contribution < 1.29 is 0 Å². The minimum absolute atomic E-state index is 1.00. The van der Waals surface area contributed by atoms with Crippen molar-refractivity contribution in [3.05, 3.63) is 38.3 Å². The maximum Gasteiger partial charge on any atom is 0.0610 e. The molecule has 14 heavy (non-hydrogen) atoms. The molecule has 74 valence electrons. The number of hydrogen-bond donors (Lipinski definition) is 0. The van der Waals surface area contributed by atoms with Crippen LogP contribution in [0.3, 0.4) is 0 Å². The van der Waals surface area contributed by atoms with Gasteiger partial charge in [-0.15, -0.1) is 0 Å². The summed E-state index contributed by atoms with van der Waals surface area (Å²) in [6.07, 6.45) is 7.29. The van der Waals surface area contributed by atoms with Crippen molar-refractivity contribution >= 4 is 37.9 Å². The third-order valence-corrected chi connectivity index (χ3v) is 3.11. The highest BCUT2D eigenvalue weighted by atomic mass is 79.9. The van der Waals surface area contributed by atoms with Gasteiger partial charge in [0.15, 0.2) is 0 Å². The Morgan fingerprint density at radius 2 is 1.79 bits per heavy atom. The first-order chi connectivity index (χ1) is 6.75. The zero-order chi connectivity index (χ0) is 9.97. The van der Waals surface area contributed by atoms with Crippen LogP contribution < -0.4 is 0 Å². The van der Waals surface area contributed by atoms with Gasteiger partial charge in [-0.2, -0.15) is 0 Å². The maximum absolute atomic E-state index is 3.38. The van der Waals surface area contributed by atoms with Crippen LogP contribution in [0.5, 0.6) is 0 Å². The van der Waals surface area contributed by atoms with Crippen LogP contribution in [0.1, 0.15) is 29.5 Å². The van der Waals surface area contributed by atoms with E-state index in [2.05, 4.69) is 56.1 Å². The first kappa shape index (κ1) is 10.4. The summed E-state index contributed by atoms with van der Waals surface area (Å²) in [5, 5.41) is 0. The van der Waals surface area contributed by atoms with Crippen LogP contribution in [0, 0.1) is 0 Å². The van der Waals surface area contributed by atoms with Gasteiger partial charge >= 0.3 is 0 Å². The molecule has 0 saturated carbocycles. The molecule has 0 bridgehead atoms. The Kier molecular flexibility index (Phi) is 3.45. The number of aryl methyl sites for hydroxylation is 2. The second kappa shape index (κ2) is 4.63. The molecule has 0 aromatic heterocycles. The summed E-state index contributed by atoms with van der Waals surface area (Å²) in [7, 11) is 0. The molecule has 2 rings (SSSR count). The molecule has 0 radical (unpaired) electrons. The zero-order valence-electron chi connectivity index (χ0n) is 7.89. The van der Waals surface area contributed by atoms with Crippen LogP contribution >= 0.6 is 31.9 Å². The second-order valence-electron chi connectivity index (χ2n) is 3.67. The minimum Gasteiger partial charge on any atom is -0.0582 e. The predicted molar refractivity (Wildman–Crippen MR) is 68.9 cm³/mol. The molecule has 0 atom stereocenters. The molecule has 0 nitrogen and oxygen atoms in total. The van der Waals surface area contributed by atoms with E-state index < -0.39 is 0 Å². The highest BCUT2D eigenvalue weighted by molar-refractivity contribution is 9.28. The summed E-state index contributed by atoms with van der Waals surface area (Å²) in [5.41, 5.74) is 4.35. The van der Waals surface area contributed by atoms with E-state index in [9.17, 15) is 0 Å². The lowest BCUT2D eigenvalue weighted by Gasteiger charge is -2.15. The Morgan fingerprint density at radius 1 is 1.07 bits per heavy atom. The monoisotopic (exact) mass is 314 g/mol. The molecule has 0 fully saturated rings. The topological polar surface area (TPSA) is 0 Å². The molecule has 0 N–H and O–H groups in total. The molecular formula is C12H12Br2. The van der Waals surface area contributed by atoms with E-state index in [1.807, 2.05) is 0 Å². The summed E-state index contributed by atoms with van der Waals surface area (Å²) < 4.78 is 1.00. The number of benzene rings is 1. The molecule has 1 aromatic rings. The van der Waals surface area contributed by atoms with Crippen LogP contribution in [-0.2, 0) is 12.8 Å². The van der Waals surface area contributed by atoms with Crippen LogP contribution in [0.15, 0.2) is 21.6 Å². The number of fused-ring (bicyclic) bond motifs is 1. The third kappa shape index (κ3) is 2.48. The Balaban J connectivity index is 2.34. The molecule has 1 aromatic carbocycles. The van der Waals surface area contributed by atoms with Crippen molar-refractivity contribution in [2.75, 3.05) is 0 Å². The average Bonchev–Trinajstić information content (AvgIpc) is 2.17. The molecule has 2 heteroatoms. The molecular weight excluding hydrogens is 304 g/mol. The van der Waals surface area contributed by atoms with E-state index in [1.165, 1.54) is 36.8 Å². The van der Waals surface area contributed by atoms with Crippen molar-refractivity contribution in [1.29, 1.82) is 0 Å². The van der Waals surface area contributed by atoms with E-state index >= 15 is 0 Å². The third-order valence-electron chi connectivity index (χ3n) is 2.65. The Labute approximate surface area is 102 Å². The SMILES string of the molecule is BrC(Br)=Cc1ccc2c(c1)CCCC2. The highest BCUT2D eigenvalue weighted by Gasteiger charge is 2.08. The first-order valence-corrected chi connectivity index (χ1v) is 6.49.